The molecule has 1 amide bonds. The van der Waals surface area contributed by atoms with Gasteiger partial charge in [-0.1, -0.05) is 5.16 Å². The van der Waals surface area contributed by atoms with E-state index in [0.29, 0.717) is 12.8 Å². The van der Waals surface area contributed by atoms with Crippen molar-refractivity contribution in [2.75, 3.05) is 26.2 Å². The third kappa shape index (κ3) is 4.76. The van der Waals surface area contributed by atoms with Crippen LogP contribution in [0.15, 0.2) is 34.2 Å². The molecule has 0 N–H and O–H groups in total. The van der Waals surface area contributed by atoms with Crippen LogP contribution >= 0.6 is 11.3 Å². The van der Waals surface area contributed by atoms with E-state index in [-0.39, 0.29) is 11.7 Å². The SMILES string of the molecule is Cc1noc(C)c1CCC(=O)N1CCN(Cc2csc(-c3ccc(F)cc3)n2)CC1. The van der Waals surface area contributed by atoms with Crippen LogP contribution in [0.4, 0.5) is 4.39 Å². The smallest absolute Gasteiger partial charge is 0.222 e. The van der Waals surface area contributed by atoms with Crippen molar-refractivity contribution in [3.05, 3.63) is 58.2 Å². The first-order valence-corrected chi connectivity index (χ1v) is 11.0. The molecule has 3 heterocycles. The van der Waals surface area contributed by atoms with Crippen molar-refractivity contribution in [2.24, 2.45) is 0 Å². The highest BCUT2D eigenvalue weighted by Gasteiger charge is 2.22. The number of carbonyl (C=O) groups excluding carboxylic acids is 1. The summed E-state index contributed by atoms with van der Waals surface area (Å²) in [6.07, 6.45) is 1.15. The minimum Gasteiger partial charge on any atom is -0.361 e. The second-order valence-corrected chi connectivity index (χ2v) is 8.47. The summed E-state index contributed by atoms with van der Waals surface area (Å²) in [4.78, 5) is 21.5. The van der Waals surface area contributed by atoms with Crippen LogP contribution in [-0.4, -0.2) is 52.0 Å². The van der Waals surface area contributed by atoms with E-state index >= 15 is 0 Å². The zero-order valence-electron chi connectivity index (χ0n) is 17.2. The molecule has 3 aromatic rings. The number of hydrogen-bond acceptors (Lipinski definition) is 6. The molecular weight excluding hydrogens is 403 g/mol. The van der Waals surface area contributed by atoms with Crippen molar-refractivity contribution in [3.8, 4) is 10.6 Å². The van der Waals surface area contributed by atoms with Crippen LogP contribution in [0.1, 0.15) is 29.1 Å². The molecule has 1 fully saturated rings. The third-order valence-corrected chi connectivity index (χ3v) is 6.46. The number of rotatable bonds is 6. The molecule has 6 nitrogen and oxygen atoms in total. The molecule has 8 heteroatoms. The van der Waals surface area contributed by atoms with Gasteiger partial charge < -0.3 is 9.42 Å². The number of piperazine rings is 1. The Balaban J connectivity index is 1.25. The van der Waals surface area contributed by atoms with Crippen molar-refractivity contribution in [3.63, 3.8) is 0 Å². The van der Waals surface area contributed by atoms with Crippen molar-refractivity contribution in [2.45, 2.75) is 33.2 Å². The number of amides is 1. The molecule has 0 atom stereocenters. The van der Waals surface area contributed by atoms with Crippen molar-refractivity contribution < 1.29 is 13.7 Å². The van der Waals surface area contributed by atoms with E-state index in [0.717, 1.165) is 66.0 Å². The van der Waals surface area contributed by atoms with Crippen LogP contribution in [0.5, 0.6) is 0 Å². The summed E-state index contributed by atoms with van der Waals surface area (Å²) in [6, 6.07) is 6.42. The highest BCUT2D eigenvalue weighted by molar-refractivity contribution is 7.13. The molecule has 158 valence electrons. The standard InChI is InChI=1S/C22H25FN4O2S/c1-15-20(16(2)29-25-15)7-8-21(28)27-11-9-26(10-12-27)13-19-14-30-22(24-19)17-3-5-18(23)6-4-17/h3-6,14H,7-13H2,1-2H3. The first-order valence-electron chi connectivity index (χ1n) is 10.1. The third-order valence-electron chi connectivity index (χ3n) is 5.52. The monoisotopic (exact) mass is 428 g/mol. The maximum absolute atomic E-state index is 13.1. The molecule has 1 aliphatic heterocycles. The fraction of sp³-hybridized carbons (Fsp3) is 0.409. The molecule has 0 saturated carbocycles. The fourth-order valence-electron chi connectivity index (χ4n) is 3.74. The molecule has 1 aliphatic rings. The Labute approximate surface area is 179 Å². The van der Waals surface area contributed by atoms with Gasteiger partial charge in [0.05, 0.1) is 11.4 Å². The van der Waals surface area contributed by atoms with E-state index < -0.39 is 0 Å². The Morgan fingerprint density at radius 1 is 1.17 bits per heavy atom. The van der Waals surface area contributed by atoms with Crippen LogP contribution in [0.3, 0.4) is 0 Å². The second kappa shape index (κ2) is 9.06. The lowest BCUT2D eigenvalue weighted by molar-refractivity contribution is -0.133. The van der Waals surface area contributed by atoms with Gasteiger partial charge in [-0.2, -0.15) is 0 Å². The average molecular weight is 429 g/mol. The lowest BCUT2D eigenvalue weighted by Crippen LogP contribution is -2.48. The number of aromatic nitrogens is 2. The Hall–Kier alpha value is -2.58. The van der Waals surface area contributed by atoms with E-state index in [1.807, 2.05) is 18.7 Å². The van der Waals surface area contributed by atoms with E-state index in [9.17, 15) is 9.18 Å². The Morgan fingerprint density at radius 2 is 1.90 bits per heavy atom. The van der Waals surface area contributed by atoms with Crippen LogP contribution in [0, 0.1) is 19.7 Å². The van der Waals surface area contributed by atoms with Gasteiger partial charge in [0.15, 0.2) is 0 Å². The van der Waals surface area contributed by atoms with Gasteiger partial charge in [-0.15, -0.1) is 11.3 Å². The topological polar surface area (TPSA) is 62.5 Å². The van der Waals surface area contributed by atoms with Gasteiger partial charge in [-0.05, 0) is 44.5 Å². The lowest BCUT2D eigenvalue weighted by Gasteiger charge is -2.34. The molecule has 30 heavy (non-hydrogen) atoms. The first kappa shape index (κ1) is 20.7. The van der Waals surface area contributed by atoms with Crippen molar-refractivity contribution in [1.29, 1.82) is 0 Å². The predicted molar refractivity (Wildman–Crippen MR) is 114 cm³/mol. The number of aryl methyl sites for hydroxylation is 2. The van der Waals surface area contributed by atoms with Crippen LogP contribution < -0.4 is 0 Å². The average Bonchev–Trinajstić information content (AvgIpc) is 3.34. The van der Waals surface area contributed by atoms with Crippen molar-refractivity contribution >= 4 is 17.2 Å². The summed E-state index contributed by atoms with van der Waals surface area (Å²) in [7, 11) is 0. The van der Waals surface area contributed by atoms with Gasteiger partial charge in [0.25, 0.3) is 0 Å². The molecule has 1 saturated heterocycles. The molecule has 0 bridgehead atoms. The summed E-state index contributed by atoms with van der Waals surface area (Å²) in [5.74, 6) is 0.741. The molecule has 0 spiro atoms. The molecule has 0 aliphatic carbocycles. The second-order valence-electron chi connectivity index (χ2n) is 7.61. The molecule has 0 unspecified atom stereocenters. The molecule has 4 rings (SSSR count). The molecular formula is C22H25FN4O2S. The predicted octanol–water partition coefficient (Wildman–Crippen LogP) is 3.83. The Kier molecular flexibility index (Phi) is 6.24. The summed E-state index contributed by atoms with van der Waals surface area (Å²) in [5, 5.41) is 6.91. The normalized spacial score (nSPS) is 15.0. The zero-order chi connectivity index (χ0) is 21.1. The summed E-state index contributed by atoms with van der Waals surface area (Å²) >= 11 is 1.57. The van der Waals surface area contributed by atoms with Gasteiger partial charge in [0.1, 0.15) is 16.6 Å². The number of carbonyl (C=O) groups is 1. The highest BCUT2D eigenvalue weighted by Crippen LogP contribution is 2.24. The maximum atomic E-state index is 13.1. The van der Waals surface area contributed by atoms with Crippen LogP contribution in [0.2, 0.25) is 0 Å². The van der Waals surface area contributed by atoms with Gasteiger partial charge >= 0.3 is 0 Å². The minimum atomic E-state index is -0.241. The summed E-state index contributed by atoms with van der Waals surface area (Å²) in [5.41, 5.74) is 3.86. The quantitative estimate of drug-likeness (QED) is 0.597. The number of nitrogens with zero attached hydrogens (tertiary/aromatic N) is 4. The van der Waals surface area contributed by atoms with Gasteiger partial charge in [-0.25, -0.2) is 9.37 Å². The molecule has 2 aromatic heterocycles. The van der Waals surface area contributed by atoms with Gasteiger partial charge in [0, 0.05) is 55.7 Å². The summed E-state index contributed by atoms with van der Waals surface area (Å²) in [6.45, 7) is 7.69. The Morgan fingerprint density at radius 3 is 2.57 bits per heavy atom. The van der Waals surface area contributed by atoms with Gasteiger partial charge in [-0.3, -0.25) is 9.69 Å². The highest BCUT2D eigenvalue weighted by atomic mass is 32.1. The molecule has 1 aromatic carbocycles. The number of benzene rings is 1. The van der Waals surface area contributed by atoms with E-state index in [1.54, 1.807) is 23.5 Å². The van der Waals surface area contributed by atoms with Gasteiger partial charge in [0.2, 0.25) is 5.91 Å². The lowest BCUT2D eigenvalue weighted by atomic mass is 10.1. The first-order chi connectivity index (χ1) is 14.5. The van der Waals surface area contributed by atoms with Crippen LogP contribution in [0.25, 0.3) is 10.6 Å². The fourth-order valence-corrected chi connectivity index (χ4v) is 4.56. The zero-order valence-corrected chi connectivity index (χ0v) is 18.0. The van der Waals surface area contributed by atoms with E-state index in [2.05, 4.69) is 15.4 Å². The number of thiazole rings is 1. The van der Waals surface area contributed by atoms with Crippen molar-refractivity contribution in [1.82, 2.24) is 19.9 Å². The van der Waals surface area contributed by atoms with E-state index in [4.69, 9.17) is 9.51 Å². The molecule has 0 radical (unpaired) electrons. The summed E-state index contributed by atoms with van der Waals surface area (Å²) < 4.78 is 18.3. The van der Waals surface area contributed by atoms with E-state index in [1.165, 1.54) is 12.1 Å². The number of halogens is 1. The maximum Gasteiger partial charge on any atom is 0.222 e. The largest absolute Gasteiger partial charge is 0.361 e. The number of hydrogen-bond donors (Lipinski definition) is 0. The Bertz CT molecular complexity index is 987. The minimum absolute atomic E-state index is 0.182. The van der Waals surface area contributed by atoms with Crippen LogP contribution in [-0.2, 0) is 17.8 Å².